The second-order valence-electron chi connectivity index (χ2n) is 4.45. The molecule has 0 bridgehead atoms. The zero-order valence-electron chi connectivity index (χ0n) is 11.0. The standard InChI is InChI=1S/C13H18ClN3OS/c1-9(2)5-6-18-12-4-3-11(14)7-10(12)8-16-17-13(15)19/h3-4,7-9H,5-6H2,1-2H3,(H3,15,17,19). The van der Waals surface area contributed by atoms with Gasteiger partial charge in [-0.3, -0.25) is 5.43 Å². The van der Waals surface area contributed by atoms with Crippen LogP contribution in [0.2, 0.25) is 5.02 Å². The summed E-state index contributed by atoms with van der Waals surface area (Å²) in [5.74, 6) is 1.33. The first-order valence-electron chi connectivity index (χ1n) is 6.00. The van der Waals surface area contributed by atoms with Crippen LogP contribution in [0.4, 0.5) is 0 Å². The number of hydrogen-bond acceptors (Lipinski definition) is 3. The number of halogens is 1. The largest absolute Gasteiger partial charge is 0.493 e. The fourth-order valence-corrected chi connectivity index (χ4v) is 1.55. The van der Waals surface area contributed by atoms with Crippen molar-refractivity contribution < 1.29 is 4.74 Å². The third-order valence-corrected chi connectivity index (χ3v) is 2.63. The Morgan fingerprint density at radius 3 is 2.95 bits per heavy atom. The maximum absolute atomic E-state index is 5.95. The molecule has 3 N–H and O–H groups in total. The molecule has 0 aliphatic rings. The van der Waals surface area contributed by atoms with E-state index in [9.17, 15) is 0 Å². The lowest BCUT2D eigenvalue weighted by atomic mass is 10.1. The fraction of sp³-hybridized carbons (Fsp3) is 0.385. The van der Waals surface area contributed by atoms with Gasteiger partial charge in [-0.15, -0.1) is 0 Å². The first kappa shape index (κ1) is 15.7. The van der Waals surface area contributed by atoms with Gasteiger partial charge in [-0.2, -0.15) is 5.10 Å². The van der Waals surface area contributed by atoms with Crippen LogP contribution >= 0.6 is 23.8 Å². The smallest absolute Gasteiger partial charge is 0.184 e. The highest BCUT2D eigenvalue weighted by Gasteiger charge is 2.03. The summed E-state index contributed by atoms with van der Waals surface area (Å²) in [5, 5.41) is 4.64. The van der Waals surface area contributed by atoms with Crippen molar-refractivity contribution in [1.29, 1.82) is 0 Å². The van der Waals surface area contributed by atoms with E-state index in [1.54, 1.807) is 18.3 Å². The molecule has 0 aromatic heterocycles. The van der Waals surface area contributed by atoms with Gasteiger partial charge < -0.3 is 10.5 Å². The van der Waals surface area contributed by atoms with Gasteiger partial charge in [-0.25, -0.2) is 0 Å². The van der Waals surface area contributed by atoms with Gasteiger partial charge in [0.15, 0.2) is 5.11 Å². The molecule has 1 aromatic carbocycles. The second kappa shape index (κ2) is 7.96. The molecule has 0 radical (unpaired) electrons. The molecule has 0 fully saturated rings. The number of ether oxygens (including phenoxy) is 1. The number of nitrogens with zero attached hydrogens (tertiary/aromatic N) is 1. The summed E-state index contributed by atoms with van der Waals surface area (Å²) in [7, 11) is 0. The van der Waals surface area contributed by atoms with Crippen molar-refractivity contribution in [1.82, 2.24) is 5.43 Å². The summed E-state index contributed by atoms with van der Waals surface area (Å²) in [6.07, 6.45) is 2.57. The number of rotatable bonds is 6. The fourth-order valence-electron chi connectivity index (χ4n) is 1.32. The van der Waals surface area contributed by atoms with Crippen molar-refractivity contribution in [2.75, 3.05) is 6.61 Å². The monoisotopic (exact) mass is 299 g/mol. The normalized spacial score (nSPS) is 10.9. The molecule has 0 saturated heterocycles. The molecule has 0 amide bonds. The minimum absolute atomic E-state index is 0.112. The third kappa shape index (κ3) is 6.40. The molecule has 1 rings (SSSR count). The number of nitrogens with one attached hydrogen (secondary N) is 1. The molecular weight excluding hydrogens is 282 g/mol. The third-order valence-electron chi connectivity index (χ3n) is 2.30. The zero-order chi connectivity index (χ0) is 14.3. The molecule has 6 heteroatoms. The molecule has 0 aliphatic heterocycles. The quantitative estimate of drug-likeness (QED) is 0.482. The van der Waals surface area contributed by atoms with Gasteiger partial charge in [-0.05, 0) is 42.8 Å². The molecule has 0 heterocycles. The maximum atomic E-state index is 5.95. The molecular formula is C13H18ClN3OS. The lowest BCUT2D eigenvalue weighted by Gasteiger charge is -2.10. The lowest BCUT2D eigenvalue weighted by molar-refractivity contribution is 0.289. The van der Waals surface area contributed by atoms with Crippen molar-refractivity contribution in [3.8, 4) is 5.75 Å². The molecule has 0 aliphatic carbocycles. The minimum atomic E-state index is 0.112. The summed E-state index contributed by atoms with van der Waals surface area (Å²) >= 11 is 10.6. The van der Waals surface area contributed by atoms with E-state index in [0.29, 0.717) is 17.5 Å². The van der Waals surface area contributed by atoms with Crippen LogP contribution in [-0.4, -0.2) is 17.9 Å². The van der Waals surface area contributed by atoms with Gasteiger partial charge in [0.1, 0.15) is 5.75 Å². The number of hydrazone groups is 1. The van der Waals surface area contributed by atoms with Gasteiger partial charge in [-0.1, -0.05) is 25.4 Å². The van der Waals surface area contributed by atoms with E-state index >= 15 is 0 Å². The first-order chi connectivity index (χ1) is 8.99. The highest BCUT2D eigenvalue weighted by atomic mass is 35.5. The summed E-state index contributed by atoms with van der Waals surface area (Å²) < 4.78 is 5.72. The maximum Gasteiger partial charge on any atom is 0.184 e. The number of hydrogen-bond donors (Lipinski definition) is 2. The van der Waals surface area contributed by atoms with Crippen LogP contribution in [0.5, 0.6) is 5.75 Å². The van der Waals surface area contributed by atoms with E-state index in [-0.39, 0.29) is 5.11 Å². The van der Waals surface area contributed by atoms with E-state index in [1.807, 2.05) is 6.07 Å². The van der Waals surface area contributed by atoms with E-state index in [1.165, 1.54) is 0 Å². The number of thiocarbonyl (C=S) groups is 1. The van der Waals surface area contributed by atoms with Crippen molar-refractivity contribution >= 4 is 35.1 Å². The highest BCUT2D eigenvalue weighted by Crippen LogP contribution is 2.21. The Morgan fingerprint density at radius 1 is 1.58 bits per heavy atom. The van der Waals surface area contributed by atoms with Crippen molar-refractivity contribution in [3.05, 3.63) is 28.8 Å². The van der Waals surface area contributed by atoms with E-state index in [0.717, 1.165) is 17.7 Å². The highest BCUT2D eigenvalue weighted by molar-refractivity contribution is 7.80. The van der Waals surface area contributed by atoms with E-state index in [2.05, 4.69) is 36.6 Å². The van der Waals surface area contributed by atoms with Crippen LogP contribution in [0.25, 0.3) is 0 Å². The lowest BCUT2D eigenvalue weighted by Crippen LogP contribution is -2.24. The predicted molar refractivity (Wildman–Crippen MR) is 83.9 cm³/mol. The van der Waals surface area contributed by atoms with Crippen LogP contribution < -0.4 is 15.9 Å². The van der Waals surface area contributed by atoms with Crippen LogP contribution in [-0.2, 0) is 0 Å². The van der Waals surface area contributed by atoms with Gasteiger partial charge >= 0.3 is 0 Å². The second-order valence-corrected chi connectivity index (χ2v) is 5.32. The van der Waals surface area contributed by atoms with Crippen molar-refractivity contribution in [2.45, 2.75) is 20.3 Å². The molecule has 1 aromatic rings. The summed E-state index contributed by atoms with van der Waals surface area (Å²) in [6.45, 7) is 4.96. The van der Waals surface area contributed by atoms with Gasteiger partial charge in [0.05, 0.1) is 12.8 Å². The topological polar surface area (TPSA) is 59.6 Å². The minimum Gasteiger partial charge on any atom is -0.493 e. The first-order valence-corrected chi connectivity index (χ1v) is 6.78. The Morgan fingerprint density at radius 2 is 2.32 bits per heavy atom. The Bertz CT molecular complexity index is 463. The number of benzene rings is 1. The SMILES string of the molecule is CC(C)CCOc1ccc(Cl)cc1C=NNC(N)=S. The summed E-state index contributed by atoms with van der Waals surface area (Å²) in [5.41, 5.74) is 8.56. The van der Waals surface area contributed by atoms with Crippen molar-refractivity contribution in [3.63, 3.8) is 0 Å². The molecule has 0 unspecified atom stereocenters. The molecule has 0 saturated carbocycles. The predicted octanol–water partition coefficient (Wildman–Crippen LogP) is 2.93. The Labute approximate surface area is 124 Å². The van der Waals surface area contributed by atoms with Crippen LogP contribution in [0, 0.1) is 5.92 Å². The summed E-state index contributed by atoms with van der Waals surface area (Å²) in [6, 6.07) is 5.38. The Balaban J connectivity index is 2.73. The van der Waals surface area contributed by atoms with Crippen LogP contribution in [0.3, 0.4) is 0 Å². The summed E-state index contributed by atoms with van der Waals surface area (Å²) in [4.78, 5) is 0. The molecule has 104 valence electrons. The van der Waals surface area contributed by atoms with E-state index < -0.39 is 0 Å². The molecule has 19 heavy (non-hydrogen) atoms. The molecule has 4 nitrogen and oxygen atoms in total. The van der Waals surface area contributed by atoms with Crippen LogP contribution in [0.15, 0.2) is 23.3 Å². The average Bonchev–Trinajstić information content (AvgIpc) is 2.31. The van der Waals surface area contributed by atoms with Gasteiger partial charge in [0.2, 0.25) is 0 Å². The molecule has 0 atom stereocenters. The van der Waals surface area contributed by atoms with Gasteiger partial charge in [0.25, 0.3) is 0 Å². The van der Waals surface area contributed by atoms with Gasteiger partial charge in [0, 0.05) is 10.6 Å². The molecule has 0 spiro atoms. The number of nitrogens with two attached hydrogens (primary N) is 1. The Hall–Kier alpha value is -1.33. The zero-order valence-corrected chi connectivity index (χ0v) is 12.6. The Kier molecular flexibility index (Phi) is 6.59. The van der Waals surface area contributed by atoms with E-state index in [4.69, 9.17) is 22.1 Å². The average molecular weight is 300 g/mol. The van der Waals surface area contributed by atoms with Crippen molar-refractivity contribution in [2.24, 2.45) is 16.8 Å². The van der Waals surface area contributed by atoms with Crippen LogP contribution in [0.1, 0.15) is 25.8 Å².